The van der Waals surface area contributed by atoms with Gasteiger partial charge in [-0.1, -0.05) is 0 Å². The number of tetrazole rings is 1. The van der Waals surface area contributed by atoms with E-state index in [1.807, 2.05) is 0 Å². The lowest BCUT2D eigenvalue weighted by molar-refractivity contribution is -0.145. The molecule has 0 spiro atoms. The van der Waals surface area contributed by atoms with Crippen LogP contribution in [0, 0.1) is 0 Å². The summed E-state index contributed by atoms with van der Waals surface area (Å²) >= 11 is 0. The number of nitrogens with two attached hydrogens (primary N) is 1. The van der Waals surface area contributed by atoms with E-state index in [4.69, 9.17) is 5.14 Å². The van der Waals surface area contributed by atoms with Gasteiger partial charge in [0.05, 0.1) is 18.7 Å². The van der Waals surface area contributed by atoms with Crippen molar-refractivity contribution >= 4 is 25.7 Å². The summed E-state index contributed by atoms with van der Waals surface area (Å²) in [7, 11) is -9.09. The number of aromatic amines is 1. The maximum absolute atomic E-state index is 13.3. The maximum atomic E-state index is 13.3. The summed E-state index contributed by atoms with van der Waals surface area (Å²) in [5.74, 6) is -1.61. The second kappa shape index (κ2) is 8.97. The summed E-state index contributed by atoms with van der Waals surface area (Å²) in [4.78, 5) is 3.67. The normalized spacial score (nSPS) is 18.8. The molecule has 2 aromatic heterocycles. The van der Waals surface area contributed by atoms with Gasteiger partial charge in [0.15, 0.2) is 0 Å². The molecule has 4 heterocycles. The predicted octanol–water partition coefficient (Wildman–Crippen LogP) is -1.22. The Morgan fingerprint density at radius 1 is 1.16 bits per heavy atom. The van der Waals surface area contributed by atoms with E-state index >= 15 is 0 Å². The number of fused-ring (bicyclic) bond motifs is 1. The van der Waals surface area contributed by atoms with Crippen molar-refractivity contribution in [2.45, 2.75) is 41.5 Å². The second-order valence-electron chi connectivity index (χ2n) is 8.37. The van der Waals surface area contributed by atoms with Gasteiger partial charge in [-0.15, -0.1) is 15.3 Å². The number of hydrogen-bond acceptors (Lipinski definition) is 11. The van der Waals surface area contributed by atoms with Crippen molar-refractivity contribution in [1.29, 1.82) is 0 Å². The average molecular weight is 564 g/mol. The van der Waals surface area contributed by atoms with Gasteiger partial charge in [-0.05, 0) is 30.3 Å². The van der Waals surface area contributed by atoms with Crippen LogP contribution in [0.5, 0.6) is 0 Å². The molecular weight excluding hydrogens is 543 g/mol. The van der Waals surface area contributed by atoms with Gasteiger partial charge in [-0.3, -0.25) is 0 Å². The summed E-state index contributed by atoms with van der Waals surface area (Å²) in [6, 6.07) is 1.92. The lowest BCUT2D eigenvalue weighted by Crippen LogP contribution is -2.38. The molecule has 1 saturated heterocycles. The van der Waals surface area contributed by atoms with Gasteiger partial charge < -0.3 is 10.2 Å². The smallest absolute Gasteiger partial charge is 0.362 e. The molecule has 20 heteroatoms. The molecule has 1 unspecified atom stereocenters. The Balaban J connectivity index is 1.65. The predicted molar refractivity (Wildman–Crippen MR) is 119 cm³/mol. The first-order chi connectivity index (χ1) is 17.3. The zero-order chi connectivity index (χ0) is 26.6. The van der Waals surface area contributed by atoms with Crippen molar-refractivity contribution in [1.82, 2.24) is 45.4 Å². The first kappa shape index (κ1) is 25.4. The summed E-state index contributed by atoms with van der Waals surface area (Å²) in [6.07, 6.45) is -4.25. The molecule has 1 aromatic carbocycles. The van der Waals surface area contributed by atoms with Gasteiger partial charge in [-0.25, -0.2) is 36.4 Å². The molecule has 200 valence electrons. The molecule has 0 saturated carbocycles. The molecule has 1 fully saturated rings. The van der Waals surface area contributed by atoms with E-state index in [-0.39, 0.29) is 42.5 Å². The van der Waals surface area contributed by atoms with E-state index in [0.717, 1.165) is 10.7 Å². The van der Waals surface area contributed by atoms with Crippen molar-refractivity contribution in [3.05, 3.63) is 23.8 Å². The van der Waals surface area contributed by atoms with E-state index in [0.29, 0.717) is 19.5 Å². The molecule has 5 rings (SSSR count). The van der Waals surface area contributed by atoms with Crippen LogP contribution in [0.2, 0.25) is 0 Å². The van der Waals surface area contributed by atoms with Crippen LogP contribution in [0.3, 0.4) is 0 Å². The number of rotatable bonds is 6. The molecule has 5 N–H and O–H groups in total. The van der Waals surface area contributed by atoms with Crippen LogP contribution in [-0.2, 0) is 39.3 Å². The number of alkyl halides is 3. The Bertz CT molecular complexity index is 1530. The molecular formula is C17H20F3N11O4S2. The Morgan fingerprint density at radius 2 is 1.95 bits per heavy atom. The van der Waals surface area contributed by atoms with Crippen LogP contribution in [0.25, 0.3) is 11.4 Å². The summed E-state index contributed by atoms with van der Waals surface area (Å²) in [5.41, 5.74) is -0.164. The van der Waals surface area contributed by atoms with Gasteiger partial charge >= 0.3 is 6.18 Å². The maximum Gasteiger partial charge on any atom is 0.453 e. The minimum absolute atomic E-state index is 0.00884. The minimum atomic E-state index is -4.75. The van der Waals surface area contributed by atoms with Gasteiger partial charge in [0, 0.05) is 24.8 Å². The first-order valence-corrected chi connectivity index (χ1v) is 13.8. The number of primary sulfonamides is 1. The Kier molecular flexibility index (Phi) is 6.17. The van der Waals surface area contributed by atoms with Crippen molar-refractivity contribution in [3.63, 3.8) is 0 Å². The van der Waals surface area contributed by atoms with Crippen LogP contribution in [0.1, 0.15) is 18.1 Å². The number of halogens is 3. The lowest BCUT2D eigenvalue weighted by Gasteiger charge is -2.31. The molecule has 2 aliphatic rings. The SMILES string of the molecule is NS(=O)(=O)c1c(S(=O)(=O)NC2CCNC2)ccc(N2CCn3nc(C(F)(F)F)nc3C2)c1-c1nn[nH]n1. The van der Waals surface area contributed by atoms with Crippen LogP contribution in [0.4, 0.5) is 18.9 Å². The number of nitrogens with zero attached hydrogens (tertiary/aromatic N) is 7. The van der Waals surface area contributed by atoms with Crippen molar-refractivity contribution in [2.75, 3.05) is 24.5 Å². The molecule has 0 radical (unpaired) electrons. The van der Waals surface area contributed by atoms with Gasteiger partial charge in [0.25, 0.3) is 5.82 Å². The molecule has 1 atom stereocenters. The Morgan fingerprint density at radius 3 is 2.57 bits per heavy atom. The topological polar surface area (TPSA) is 207 Å². The Labute approximate surface area is 207 Å². The highest BCUT2D eigenvalue weighted by molar-refractivity contribution is 7.92. The van der Waals surface area contributed by atoms with E-state index < -0.39 is 47.9 Å². The minimum Gasteiger partial charge on any atom is -0.362 e. The fourth-order valence-corrected chi connectivity index (χ4v) is 7.16. The van der Waals surface area contributed by atoms with Gasteiger partial charge in [-0.2, -0.15) is 18.4 Å². The highest BCUT2D eigenvalue weighted by atomic mass is 32.2. The second-order valence-corrected chi connectivity index (χ2v) is 11.6. The average Bonchev–Trinajstić information content (AvgIpc) is 3.57. The number of H-pyrrole nitrogens is 1. The van der Waals surface area contributed by atoms with E-state index in [9.17, 15) is 30.0 Å². The molecule has 2 aliphatic heterocycles. The van der Waals surface area contributed by atoms with Crippen LogP contribution >= 0.6 is 0 Å². The number of anilines is 1. The molecule has 37 heavy (non-hydrogen) atoms. The number of hydrogen-bond donors (Lipinski definition) is 4. The fraction of sp³-hybridized carbons (Fsp3) is 0.471. The van der Waals surface area contributed by atoms with Crippen LogP contribution in [-0.4, -0.2) is 77.9 Å². The van der Waals surface area contributed by atoms with Gasteiger partial charge in [0.2, 0.25) is 25.9 Å². The molecule has 0 amide bonds. The van der Waals surface area contributed by atoms with Crippen molar-refractivity contribution < 1.29 is 30.0 Å². The first-order valence-electron chi connectivity index (χ1n) is 10.8. The summed E-state index contributed by atoms with van der Waals surface area (Å²) < 4.78 is 95.0. The standard InChI is InChI=1S/C17H20F3N11O4S2/c18-17(19,20)16-23-12-8-30(5-6-31(12)26-16)10-1-2-11(37(34,35)27-9-3-4-22-7-9)14(36(21,32)33)13(10)15-24-28-29-25-15/h1-2,9,22,27H,3-8H2,(H2,21,32,33)(H,24,25,28,29). The van der Waals surface area contributed by atoms with E-state index in [1.165, 1.54) is 11.0 Å². The molecule has 0 bridgehead atoms. The quantitative estimate of drug-likeness (QED) is 0.280. The highest BCUT2D eigenvalue weighted by Gasteiger charge is 2.39. The zero-order valence-corrected chi connectivity index (χ0v) is 20.4. The lowest BCUT2D eigenvalue weighted by atomic mass is 10.1. The van der Waals surface area contributed by atoms with E-state index in [1.54, 1.807) is 0 Å². The molecule has 15 nitrogen and oxygen atoms in total. The monoisotopic (exact) mass is 563 g/mol. The van der Waals surface area contributed by atoms with Crippen LogP contribution in [0.15, 0.2) is 21.9 Å². The van der Waals surface area contributed by atoms with Crippen molar-refractivity contribution in [3.8, 4) is 11.4 Å². The van der Waals surface area contributed by atoms with Crippen LogP contribution < -0.4 is 20.1 Å². The Hall–Kier alpha value is -3.20. The number of sulfonamides is 2. The van der Waals surface area contributed by atoms with E-state index in [2.05, 4.69) is 40.7 Å². The number of aromatic nitrogens is 7. The van der Waals surface area contributed by atoms with Crippen molar-refractivity contribution in [2.24, 2.45) is 5.14 Å². The molecule has 3 aromatic rings. The third-order valence-corrected chi connectivity index (χ3v) is 8.57. The number of nitrogens with one attached hydrogen (secondary N) is 3. The largest absolute Gasteiger partial charge is 0.453 e. The van der Waals surface area contributed by atoms with Gasteiger partial charge in [0.1, 0.15) is 15.6 Å². The third kappa shape index (κ3) is 4.89. The summed E-state index contributed by atoms with van der Waals surface area (Å²) in [6.45, 7) is 0.813. The zero-order valence-electron chi connectivity index (χ0n) is 18.8. The highest BCUT2D eigenvalue weighted by Crippen LogP contribution is 2.39. The molecule has 0 aliphatic carbocycles. The number of benzene rings is 1. The summed E-state index contributed by atoms with van der Waals surface area (Å²) in [5, 5.41) is 25.2. The third-order valence-electron chi connectivity index (χ3n) is 5.88. The fourth-order valence-electron chi connectivity index (χ4n) is 4.29.